The minimum Gasteiger partial charge on any atom is -0.466 e. The van der Waals surface area contributed by atoms with E-state index in [0.717, 1.165) is 6.08 Å². The van der Waals surface area contributed by atoms with Crippen LogP contribution in [0.1, 0.15) is 0 Å². The highest BCUT2D eigenvalue weighted by molar-refractivity contribution is 5.98. The first-order valence-corrected chi connectivity index (χ1v) is 3.16. The third-order valence-corrected chi connectivity index (χ3v) is 1.12. The first-order valence-electron chi connectivity index (χ1n) is 3.16. The summed E-state index contributed by atoms with van der Waals surface area (Å²) in [6.07, 6.45) is 2.24. The van der Waals surface area contributed by atoms with E-state index < -0.39 is 11.9 Å². The number of ether oxygens (including phenoxy) is 2. The summed E-state index contributed by atoms with van der Waals surface area (Å²) in [5, 5.41) is 0. The molecule has 0 rings (SSSR count). The molecule has 66 valence electrons. The lowest BCUT2D eigenvalue weighted by Gasteiger charge is -1.97. The van der Waals surface area contributed by atoms with Crippen molar-refractivity contribution in [3.05, 3.63) is 24.3 Å². The molecule has 0 unspecified atom stereocenters. The summed E-state index contributed by atoms with van der Waals surface area (Å²) in [5.41, 5.74) is 0.0735. The van der Waals surface area contributed by atoms with Crippen molar-refractivity contribution in [2.75, 3.05) is 14.2 Å². The highest BCUT2D eigenvalue weighted by atomic mass is 16.5. The van der Waals surface area contributed by atoms with E-state index in [4.69, 9.17) is 0 Å². The lowest BCUT2D eigenvalue weighted by molar-refractivity contribution is -0.138. The van der Waals surface area contributed by atoms with Crippen LogP contribution in [-0.2, 0) is 19.1 Å². The number of carbonyl (C=O) groups is 2. The van der Waals surface area contributed by atoms with Crippen LogP contribution in [0, 0.1) is 0 Å². The van der Waals surface area contributed by atoms with Gasteiger partial charge in [0.2, 0.25) is 0 Å². The van der Waals surface area contributed by atoms with Gasteiger partial charge in [0, 0.05) is 6.08 Å². The molecule has 4 nitrogen and oxygen atoms in total. The molecule has 0 spiro atoms. The van der Waals surface area contributed by atoms with Gasteiger partial charge in [0.15, 0.2) is 0 Å². The van der Waals surface area contributed by atoms with Crippen LogP contribution in [0.5, 0.6) is 0 Å². The van der Waals surface area contributed by atoms with E-state index in [9.17, 15) is 9.59 Å². The van der Waals surface area contributed by atoms with Crippen LogP contribution in [0.2, 0.25) is 0 Å². The van der Waals surface area contributed by atoms with E-state index in [0.29, 0.717) is 0 Å². The number of hydrogen-bond acceptors (Lipinski definition) is 4. The lowest BCUT2D eigenvalue weighted by atomic mass is 10.2. The molecule has 4 heteroatoms. The van der Waals surface area contributed by atoms with E-state index >= 15 is 0 Å². The van der Waals surface area contributed by atoms with Crippen LogP contribution in [0.15, 0.2) is 24.3 Å². The molecule has 0 amide bonds. The molecule has 0 saturated heterocycles. The number of methoxy groups -OCH3 is 2. The van der Waals surface area contributed by atoms with E-state index in [2.05, 4.69) is 16.1 Å². The van der Waals surface area contributed by atoms with Crippen molar-refractivity contribution in [2.45, 2.75) is 0 Å². The average molecular weight is 170 g/mol. The van der Waals surface area contributed by atoms with Gasteiger partial charge in [-0.25, -0.2) is 9.59 Å². The third kappa shape index (κ3) is 3.01. The highest BCUT2D eigenvalue weighted by Crippen LogP contribution is 1.98. The SMILES string of the molecule is C=C/C(=C/C(=O)OC)C(=O)OC. The largest absolute Gasteiger partial charge is 0.466 e. The second kappa shape index (κ2) is 5.12. The first kappa shape index (κ1) is 10.4. The van der Waals surface area contributed by atoms with Crippen molar-refractivity contribution in [3.63, 3.8) is 0 Å². The zero-order valence-corrected chi connectivity index (χ0v) is 6.99. The Morgan fingerprint density at radius 1 is 1.25 bits per heavy atom. The van der Waals surface area contributed by atoms with Crippen LogP contribution in [0.3, 0.4) is 0 Å². The van der Waals surface area contributed by atoms with Gasteiger partial charge in [-0.05, 0) is 0 Å². The van der Waals surface area contributed by atoms with E-state index in [1.54, 1.807) is 0 Å². The monoisotopic (exact) mass is 170 g/mol. The van der Waals surface area contributed by atoms with Crippen molar-refractivity contribution in [3.8, 4) is 0 Å². The summed E-state index contributed by atoms with van der Waals surface area (Å²) in [6, 6.07) is 0. The molecule has 0 saturated carbocycles. The van der Waals surface area contributed by atoms with Gasteiger partial charge in [0.05, 0.1) is 19.8 Å². The number of esters is 2. The second-order valence-electron chi connectivity index (χ2n) is 1.82. The van der Waals surface area contributed by atoms with E-state index in [1.807, 2.05) is 0 Å². The molecule has 0 bridgehead atoms. The van der Waals surface area contributed by atoms with Gasteiger partial charge in [-0.3, -0.25) is 0 Å². The number of hydrogen-bond donors (Lipinski definition) is 0. The van der Waals surface area contributed by atoms with E-state index in [1.165, 1.54) is 20.3 Å². The fourth-order valence-corrected chi connectivity index (χ4v) is 0.505. The minimum atomic E-state index is -0.615. The maximum absolute atomic E-state index is 10.8. The molecule has 0 fully saturated rings. The Labute approximate surface area is 70.5 Å². The van der Waals surface area contributed by atoms with Gasteiger partial charge in [-0.15, -0.1) is 0 Å². The van der Waals surface area contributed by atoms with Gasteiger partial charge < -0.3 is 9.47 Å². The smallest absolute Gasteiger partial charge is 0.338 e. The Bertz CT molecular complexity index is 227. The molecule has 0 aliphatic rings. The maximum Gasteiger partial charge on any atom is 0.338 e. The first-order chi connectivity index (χ1) is 5.65. The van der Waals surface area contributed by atoms with Gasteiger partial charge in [-0.2, -0.15) is 0 Å². The Balaban J connectivity index is 4.54. The quantitative estimate of drug-likeness (QED) is 0.350. The zero-order chi connectivity index (χ0) is 9.56. The van der Waals surface area contributed by atoms with Crippen molar-refractivity contribution in [1.29, 1.82) is 0 Å². The molecule has 12 heavy (non-hydrogen) atoms. The van der Waals surface area contributed by atoms with Crippen LogP contribution >= 0.6 is 0 Å². The predicted octanol–water partition coefficient (Wildman–Crippen LogP) is 0.445. The molecule has 0 radical (unpaired) electrons. The second-order valence-corrected chi connectivity index (χ2v) is 1.82. The molecule has 0 N–H and O–H groups in total. The number of rotatable bonds is 3. The highest BCUT2D eigenvalue weighted by Gasteiger charge is 2.07. The molecule has 0 aromatic carbocycles. The normalized spacial score (nSPS) is 10.3. The topological polar surface area (TPSA) is 52.6 Å². The molecule has 0 atom stereocenters. The summed E-state index contributed by atoms with van der Waals surface area (Å²) >= 11 is 0. The van der Waals surface area contributed by atoms with Gasteiger partial charge >= 0.3 is 11.9 Å². The summed E-state index contributed by atoms with van der Waals surface area (Å²) in [5.74, 6) is -1.23. The number of carbonyl (C=O) groups excluding carboxylic acids is 2. The van der Waals surface area contributed by atoms with Crippen LogP contribution in [0.25, 0.3) is 0 Å². The molecule has 0 aromatic rings. The zero-order valence-electron chi connectivity index (χ0n) is 6.99. The Morgan fingerprint density at radius 2 is 1.83 bits per heavy atom. The average Bonchev–Trinajstić information content (AvgIpc) is 2.12. The van der Waals surface area contributed by atoms with Crippen molar-refractivity contribution >= 4 is 11.9 Å². The van der Waals surface area contributed by atoms with Crippen LogP contribution in [-0.4, -0.2) is 26.2 Å². The Hall–Kier alpha value is -1.58. The fourth-order valence-electron chi connectivity index (χ4n) is 0.505. The molecule has 0 heterocycles. The Kier molecular flexibility index (Phi) is 4.45. The van der Waals surface area contributed by atoms with Gasteiger partial charge in [0.25, 0.3) is 0 Å². The molecule has 0 aliphatic carbocycles. The fraction of sp³-hybridized carbons (Fsp3) is 0.250. The van der Waals surface area contributed by atoms with Crippen molar-refractivity contribution in [1.82, 2.24) is 0 Å². The summed E-state index contributed by atoms with van der Waals surface area (Å²) in [4.78, 5) is 21.5. The lowest BCUT2D eigenvalue weighted by Crippen LogP contribution is -2.06. The minimum absolute atomic E-state index is 0.0735. The maximum atomic E-state index is 10.8. The molecule has 0 aliphatic heterocycles. The predicted molar refractivity (Wildman–Crippen MR) is 42.3 cm³/mol. The standard InChI is InChI=1S/C8H10O4/c1-4-6(8(10)12-3)5-7(9)11-2/h4-5H,1H2,2-3H3/b6-5-. The molecular formula is C8H10O4. The third-order valence-electron chi connectivity index (χ3n) is 1.12. The van der Waals surface area contributed by atoms with E-state index in [-0.39, 0.29) is 5.57 Å². The van der Waals surface area contributed by atoms with Gasteiger partial charge in [0.1, 0.15) is 0 Å². The van der Waals surface area contributed by atoms with Crippen LogP contribution < -0.4 is 0 Å². The van der Waals surface area contributed by atoms with Crippen molar-refractivity contribution < 1.29 is 19.1 Å². The summed E-state index contributed by atoms with van der Waals surface area (Å²) in [6.45, 7) is 3.34. The summed E-state index contributed by atoms with van der Waals surface area (Å²) < 4.78 is 8.67. The van der Waals surface area contributed by atoms with Crippen LogP contribution in [0.4, 0.5) is 0 Å². The summed E-state index contributed by atoms with van der Waals surface area (Å²) in [7, 11) is 2.44. The molecular weight excluding hydrogens is 160 g/mol. The van der Waals surface area contributed by atoms with Gasteiger partial charge in [-0.1, -0.05) is 12.7 Å². The molecule has 0 aromatic heterocycles. The Morgan fingerprint density at radius 3 is 2.17 bits per heavy atom. The van der Waals surface area contributed by atoms with Crippen molar-refractivity contribution in [2.24, 2.45) is 0 Å².